The standard InChI is InChI=1S/C20H22ClF3N2O5S/c1-12(2)26-32(29,30)16-6-7-18(21)17(9-16)19(28)25-10-14(27)11-31-15-5-3-4-13(8-15)20(22,23)24/h3-9,12,14,26-27H,10-11H2,1-2H3,(H,25,28). The topological polar surface area (TPSA) is 105 Å². The maximum Gasteiger partial charge on any atom is 0.416 e. The van der Waals surface area contributed by atoms with Gasteiger partial charge < -0.3 is 15.2 Å². The van der Waals surface area contributed by atoms with E-state index in [1.165, 1.54) is 24.3 Å². The maximum atomic E-state index is 12.7. The quantitative estimate of drug-likeness (QED) is 0.496. The summed E-state index contributed by atoms with van der Waals surface area (Å²) in [4.78, 5) is 12.3. The zero-order chi connectivity index (χ0) is 24.1. The Kier molecular flexibility index (Phi) is 8.52. The molecule has 0 aromatic heterocycles. The van der Waals surface area contributed by atoms with Crippen LogP contribution in [0.5, 0.6) is 5.75 Å². The third-order valence-electron chi connectivity index (χ3n) is 3.99. The molecule has 2 aromatic rings. The molecule has 0 fully saturated rings. The molecule has 2 rings (SSSR count). The molecule has 0 radical (unpaired) electrons. The van der Waals surface area contributed by atoms with Crippen LogP contribution in [0.15, 0.2) is 47.4 Å². The van der Waals surface area contributed by atoms with E-state index in [4.69, 9.17) is 16.3 Å². The van der Waals surface area contributed by atoms with Crippen molar-refractivity contribution in [3.63, 3.8) is 0 Å². The molecule has 32 heavy (non-hydrogen) atoms. The molecule has 7 nitrogen and oxygen atoms in total. The summed E-state index contributed by atoms with van der Waals surface area (Å²) < 4.78 is 70.3. The Morgan fingerprint density at radius 3 is 2.50 bits per heavy atom. The van der Waals surface area contributed by atoms with Gasteiger partial charge in [-0.1, -0.05) is 17.7 Å². The second-order valence-corrected chi connectivity index (χ2v) is 9.24. The largest absolute Gasteiger partial charge is 0.491 e. The van der Waals surface area contributed by atoms with Gasteiger partial charge in [-0.25, -0.2) is 13.1 Å². The number of hydrogen-bond donors (Lipinski definition) is 3. The second kappa shape index (κ2) is 10.5. The Morgan fingerprint density at radius 1 is 1.19 bits per heavy atom. The van der Waals surface area contributed by atoms with E-state index in [-0.39, 0.29) is 40.4 Å². The minimum absolute atomic E-state index is 0.000650. The highest BCUT2D eigenvalue weighted by atomic mass is 35.5. The first-order valence-corrected chi connectivity index (χ1v) is 11.2. The average Bonchev–Trinajstić information content (AvgIpc) is 2.69. The second-order valence-electron chi connectivity index (χ2n) is 7.12. The number of nitrogens with one attached hydrogen (secondary N) is 2. The van der Waals surface area contributed by atoms with E-state index in [2.05, 4.69) is 10.0 Å². The highest BCUT2D eigenvalue weighted by Gasteiger charge is 2.30. The van der Waals surface area contributed by atoms with Crippen LogP contribution in [-0.4, -0.2) is 44.7 Å². The molecule has 2 aromatic carbocycles. The number of carbonyl (C=O) groups excluding carboxylic acids is 1. The first-order chi connectivity index (χ1) is 14.8. The number of benzene rings is 2. The number of rotatable bonds is 9. The van der Waals surface area contributed by atoms with E-state index in [0.717, 1.165) is 18.2 Å². The van der Waals surface area contributed by atoms with Crippen molar-refractivity contribution in [3.05, 3.63) is 58.6 Å². The first kappa shape index (κ1) is 25.9. The lowest BCUT2D eigenvalue weighted by molar-refractivity contribution is -0.137. The van der Waals surface area contributed by atoms with Gasteiger partial charge in [-0.3, -0.25) is 4.79 Å². The van der Waals surface area contributed by atoms with Gasteiger partial charge in [-0.05, 0) is 50.2 Å². The molecule has 0 spiro atoms. The van der Waals surface area contributed by atoms with E-state index < -0.39 is 33.8 Å². The van der Waals surface area contributed by atoms with Crippen molar-refractivity contribution in [2.45, 2.75) is 37.1 Å². The molecule has 0 bridgehead atoms. The van der Waals surface area contributed by atoms with Gasteiger partial charge in [-0.2, -0.15) is 13.2 Å². The predicted octanol–water partition coefficient (Wildman–Crippen LogP) is 3.22. The average molecular weight is 495 g/mol. The summed E-state index contributed by atoms with van der Waals surface area (Å²) in [5.41, 5.74) is -1.02. The van der Waals surface area contributed by atoms with Gasteiger partial charge in [0.1, 0.15) is 18.5 Å². The first-order valence-electron chi connectivity index (χ1n) is 9.38. The summed E-state index contributed by atoms with van der Waals surface area (Å²) >= 11 is 6.00. The van der Waals surface area contributed by atoms with E-state index in [0.29, 0.717) is 0 Å². The summed E-state index contributed by atoms with van der Waals surface area (Å²) in [6.45, 7) is 2.59. The van der Waals surface area contributed by atoms with Crippen LogP contribution in [0.3, 0.4) is 0 Å². The summed E-state index contributed by atoms with van der Waals surface area (Å²) in [6, 6.07) is 7.41. The van der Waals surface area contributed by atoms with Crippen LogP contribution in [0.2, 0.25) is 5.02 Å². The number of aliphatic hydroxyl groups is 1. The Labute approximate surface area is 188 Å². The maximum absolute atomic E-state index is 12.7. The molecule has 0 aliphatic carbocycles. The van der Waals surface area contributed by atoms with Gasteiger partial charge in [0.25, 0.3) is 5.91 Å². The molecule has 0 aliphatic rings. The predicted molar refractivity (Wildman–Crippen MR) is 112 cm³/mol. The minimum atomic E-state index is -4.53. The smallest absolute Gasteiger partial charge is 0.416 e. The summed E-state index contributed by atoms with van der Waals surface area (Å²) in [5.74, 6) is -0.835. The van der Waals surface area contributed by atoms with Gasteiger partial charge >= 0.3 is 6.18 Å². The van der Waals surface area contributed by atoms with Crippen molar-refractivity contribution in [3.8, 4) is 5.75 Å². The van der Waals surface area contributed by atoms with E-state index in [9.17, 15) is 31.5 Å². The van der Waals surface area contributed by atoms with Crippen LogP contribution >= 0.6 is 11.6 Å². The summed E-state index contributed by atoms with van der Waals surface area (Å²) in [6.07, 6.45) is -5.78. The lowest BCUT2D eigenvalue weighted by atomic mass is 10.2. The van der Waals surface area contributed by atoms with Crippen molar-refractivity contribution in [2.75, 3.05) is 13.2 Å². The lowest BCUT2D eigenvalue weighted by Gasteiger charge is -2.15. The molecule has 0 saturated heterocycles. The van der Waals surface area contributed by atoms with E-state index in [1.807, 2.05) is 0 Å². The van der Waals surface area contributed by atoms with Crippen molar-refractivity contribution in [1.82, 2.24) is 10.0 Å². The number of hydrogen-bond acceptors (Lipinski definition) is 5. The Bertz CT molecular complexity index is 1060. The Morgan fingerprint density at radius 2 is 1.88 bits per heavy atom. The number of aliphatic hydroxyl groups excluding tert-OH is 1. The van der Waals surface area contributed by atoms with Gasteiger partial charge in [-0.15, -0.1) is 0 Å². The van der Waals surface area contributed by atoms with Crippen LogP contribution < -0.4 is 14.8 Å². The highest BCUT2D eigenvalue weighted by Crippen LogP contribution is 2.31. The zero-order valence-corrected chi connectivity index (χ0v) is 18.7. The molecule has 3 N–H and O–H groups in total. The molecular weight excluding hydrogens is 473 g/mol. The Hall–Kier alpha value is -2.34. The summed E-state index contributed by atoms with van der Waals surface area (Å²) in [5, 5.41) is 12.4. The fourth-order valence-electron chi connectivity index (χ4n) is 2.54. The number of halogens is 4. The molecular formula is C20H22ClF3N2O5S. The van der Waals surface area contributed by atoms with Crippen molar-refractivity contribution in [2.24, 2.45) is 0 Å². The number of amides is 1. The number of carbonyl (C=O) groups is 1. The third kappa shape index (κ3) is 7.37. The van der Waals surface area contributed by atoms with Crippen LogP contribution in [-0.2, 0) is 16.2 Å². The zero-order valence-electron chi connectivity index (χ0n) is 17.1. The number of alkyl halides is 3. The molecule has 12 heteroatoms. The molecule has 0 aliphatic heterocycles. The normalized spacial score (nSPS) is 13.1. The van der Waals surface area contributed by atoms with Gasteiger partial charge in [0.05, 0.1) is 21.0 Å². The lowest BCUT2D eigenvalue weighted by Crippen LogP contribution is -2.35. The molecule has 0 saturated carbocycles. The fraction of sp³-hybridized carbons (Fsp3) is 0.350. The molecule has 1 atom stereocenters. The third-order valence-corrected chi connectivity index (χ3v) is 5.97. The SMILES string of the molecule is CC(C)NS(=O)(=O)c1ccc(Cl)c(C(=O)NCC(O)COc2cccc(C(F)(F)F)c2)c1. The van der Waals surface area contributed by atoms with Crippen molar-refractivity contribution < 1.29 is 36.2 Å². The number of sulfonamides is 1. The Balaban J connectivity index is 1.98. The minimum Gasteiger partial charge on any atom is -0.491 e. The summed E-state index contributed by atoms with van der Waals surface area (Å²) in [7, 11) is -3.86. The highest BCUT2D eigenvalue weighted by molar-refractivity contribution is 7.89. The van der Waals surface area contributed by atoms with Crippen molar-refractivity contribution in [1.29, 1.82) is 0 Å². The van der Waals surface area contributed by atoms with Gasteiger partial charge in [0.2, 0.25) is 10.0 Å². The monoisotopic (exact) mass is 494 g/mol. The van der Waals surface area contributed by atoms with Gasteiger partial charge in [0, 0.05) is 12.6 Å². The van der Waals surface area contributed by atoms with Crippen LogP contribution in [0.25, 0.3) is 0 Å². The van der Waals surface area contributed by atoms with Crippen LogP contribution in [0.1, 0.15) is 29.8 Å². The molecule has 0 heterocycles. The molecule has 1 amide bonds. The fourth-order valence-corrected chi connectivity index (χ4v) is 4.02. The van der Waals surface area contributed by atoms with E-state index in [1.54, 1.807) is 13.8 Å². The van der Waals surface area contributed by atoms with E-state index >= 15 is 0 Å². The van der Waals surface area contributed by atoms with Gasteiger partial charge in [0.15, 0.2) is 0 Å². The number of ether oxygens (including phenoxy) is 1. The molecule has 1 unspecified atom stereocenters. The van der Waals surface area contributed by atoms with Crippen LogP contribution in [0, 0.1) is 0 Å². The molecule has 176 valence electrons. The van der Waals surface area contributed by atoms with Crippen molar-refractivity contribution >= 4 is 27.5 Å². The van der Waals surface area contributed by atoms with Crippen LogP contribution in [0.4, 0.5) is 13.2 Å².